The van der Waals surface area contributed by atoms with Crippen LogP contribution in [0.5, 0.6) is 5.75 Å². The molecule has 8 nitrogen and oxygen atoms in total. The highest BCUT2D eigenvalue weighted by Crippen LogP contribution is 2.37. The first-order valence-corrected chi connectivity index (χ1v) is 9.28. The number of imidazole rings is 1. The number of amides is 2. The Bertz CT molecular complexity index is 848. The van der Waals surface area contributed by atoms with Gasteiger partial charge >= 0.3 is 12.0 Å². The summed E-state index contributed by atoms with van der Waals surface area (Å²) in [6.45, 7) is 4.21. The van der Waals surface area contributed by atoms with Crippen LogP contribution in [-0.4, -0.2) is 53.7 Å². The minimum Gasteiger partial charge on any atom is -0.496 e. The zero-order valence-corrected chi connectivity index (χ0v) is 16.6. The summed E-state index contributed by atoms with van der Waals surface area (Å²) in [5.41, 5.74) is 2.62. The molecule has 0 radical (unpaired) electrons. The SMILES string of the molecule is COC(=O)C(NC(=O)N1CCc2[nH]cnc2C1c1ccccc1OC)C(C)C. The van der Waals surface area contributed by atoms with E-state index in [0.717, 1.165) is 17.0 Å². The number of esters is 1. The maximum atomic E-state index is 13.2. The molecule has 1 aromatic heterocycles. The van der Waals surface area contributed by atoms with Crippen molar-refractivity contribution in [3.8, 4) is 5.75 Å². The zero-order valence-electron chi connectivity index (χ0n) is 16.6. The summed E-state index contributed by atoms with van der Waals surface area (Å²) in [5, 5.41) is 2.83. The summed E-state index contributed by atoms with van der Waals surface area (Å²) in [5.74, 6) is 0.107. The summed E-state index contributed by atoms with van der Waals surface area (Å²) in [7, 11) is 2.92. The molecule has 2 heterocycles. The van der Waals surface area contributed by atoms with Gasteiger partial charge in [-0.05, 0) is 12.0 Å². The van der Waals surface area contributed by atoms with Gasteiger partial charge in [0.15, 0.2) is 0 Å². The van der Waals surface area contributed by atoms with Gasteiger partial charge < -0.3 is 24.7 Å². The van der Waals surface area contributed by atoms with E-state index in [0.29, 0.717) is 18.7 Å². The second kappa shape index (κ2) is 8.33. The van der Waals surface area contributed by atoms with E-state index in [1.807, 2.05) is 38.1 Å². The predicted molar refractivity (Wildman–Crippen MR) is 103 cm³/mol. The van der Waals surface area contributed by atoms with E-state index < -0.39 is 18.1 Å². The Balaban J connectivity index is 1.97. The lowest BCUT2D eigenvalue weighted by atomic mass is 9.95. The number of benzene rings is 1. The van der Waals surface area contributed by atoms with E-state index in [2.05, 4.69) is 15.3 Å². The molecule has 2 aromatic rings. The van der Waals surface area contributed by atoms with Crippen LogP contribution in [0.3, 0.4) is 0 Å². The number of H-pyrrole nitrogens is 1. The number of carbonyl (C=O) groups is 2. The van der Waals surface area contributed by atoms with Gasteiger partial charge in [-0.2, -0.15) is 0 Å². The number of carbonyl (C=O) groups excluding carboxylic acids is 2. The molecule has 1 aromatic carbocycles. The van der Waals surface area contributed by atoms with Gasteiger partial charge in [-0.25, -0.2) is 14.6 Å². The molecule has 3 rings (SSSR count). The lowest BCUT2D eigenvalue weighted by Crippen LogP contribution is -2.53. The molecule has 2 unspecified atom stereocenters. The fourth-order valence-electron chi connectivity index (χ4n) is 3.54. The third kappa shape index (κ3) is 3.67. The van der Waals surface area contributed by atoms with Gasteiger partial charge in [0, 0.05) is 24.2 Å². The van der Waals surface area contributed by atoms with Crippen molar-refractivity contribution < 1.29 is 19.1 Å². The molecule has 28 heavy (non-hydrogen) atoms. The number of fused-ring (bicyclic) bond motifs is 1. The van der Waals surface area contributed by atoms with Crippen molar-refractivity contribution in [2.75, 3.05) is 20.8 Å². The highest BCUT2D eigenvalue weighted by Gasteiger charge is 2.37. The van der Waals surface area contributed by atoms with Crippen LogP contribution in [0.2, 0.25) is 0 Å². The Hall–Kier alpha value is -3.03. The van der Waals surface area contributed by atoms with Gasteiger partial charge in [0.05, 0.1) is 26.2 Å². The average molecular weight is 386 g/mol. The van der Waals surface area contributed by atoms with Gasteiger partial charge in [0.2, 0.25) is 0 Å². The Morgan fingerprint density at radius 3 is 2.71 bits per heavy atom. The van der Waals surface area contributed by atoms with Crippen LogP contribution in [0, 0.1) is 5.92 Å². The molecular weight excluding hydrogens is 360 g/mol. The molecule has 1 aliphatic heterocycles. The third-order valence-corrected chi connectivity index (χ3v) is 5.02. The van der Waals surface area contributed by atoms with Crippen LogP contribution in [0.4, 0.5) is 4.79 Å². The van der Waals surface area contributed by atoms with Crippen molar-refractivity contribution in [1.29, 1.82) is 0 Å². The third-order valence-electron chi connectivity index (χ3n) is 5.02. The van der Waals surface area contributed by atoms with E-state index in [1.165, 1.54) is 7.11 Å². The number of hydrogen-bond donors (Lipinski definition) is 2. The summed E-state index contributed by atoms with van der Waals surface area (Å²) < 4.78 is 10.4. The molecule has 0 fully saturated rings. The number of methoxy groups -OCH3 is 2. The predicted octanol–water partition coefficient (Wildman–Crippen LogP) is 2.27. The molecule has 2 amide bonds. The molecule has 150 valence electrons. The second-order valence-corrected chi connectivity index (χ2v) is 7.05. The van der Waals surface area contributed by atoms with Crippen molar-refractivity contribution >= 4 is 12.0 Å². The molecule has 0 aliphatic carbocycles. The number of aromatic nitrogens is 2. The molecule has 8 heteroatoms. The minimum atomic E-state index is -0.726. The van der Waals surface area contributed by atoms with Gasteiger partial charge in [-0.1, -0.05) is 32.0 Å². The van der Waals surface area contributed by atoms with Gasteiger partial charge in [-0.15, -0.1) is 0 Å². The Morgan fingerprint density at radius 1 is 1.29 bits per heavy atom. The van der Waals surface area contributed by atoms with Crippen molar-refractivity contribution in [3.05, 3.63) is 47.5 Å². The van der Waals surface area contributed by atoms with Crippen LogP contribution >= 0.6 is 0 Å². The molecule has 0 saturated carbocycles. The Kier molecular flexibility index (Phi) is 5.87. The van der Waals surface area contributed by atoms with Gasteiger partial charge in [0.25, 0.3) is 0 Å². The van der Waals surface area contributed by atoms with Crippen molar-refractivity contribution in [3.63, 3.8) is 0 Å². The van der Waals surface area contributed by atoms with Crippen LogP contribution in [-0.2, 0) is 16.0 Å². The molecule has 2 N–H and O–H groups in total. The number of aromatic amines is 1. The standard InChI is InChI=1S/C20H26N4O4/c1-12(2)16(19(25)28-4)23-20(26)24-10-9-14-17(22-11-21-14)18(24)13-7-5-6-8-15(13)27-3/h5-8,11-12,16,18H,9-10H2,1-4H3,(H,21,22)(H,23,26). The van der Waals surface area contributed by atoms with E-state index in [1.54, 1.807) is 18.3 Å². The first-order chi connectivity index (χ1) is 13.5. The lowest BCUT2D eigenvalue weighted by molar-refractivity contribution is -0.144. The normalized spacial score (nSPS) is 17.0. The molecule has 2 atom stereocenters. The number of urea groups is 1. The Labute approximate surface area is 164 Å². The quantitative estimate of drug-likeness (QED) is 0.769. The summed E-state index contributed by atoms with van der Waals surface area (Å²) in [6, 6.07) is 6.08. The van der Waals surface area contributed by atoms with Crippen molar-refractivity contribution in [1.82, 2.24) is 20.2 Å². The van der Waals surface area contributed by atoms with E-state index in [9.17, 15) is 9.59 Å². The molecule has 0 spiro atoms. The first kappa shape index (κ1) is 19.7. The van der Waals surface area contributed by atoms with Crippen molar-refractivity contribution in [2.24, 2.45) is 5.92 Å². The highest BCUT2D eigenvalue weighted by molar-refractivity contribution is 5.84. The highest BCUT2D eigenvalue weighted by atomic mass is 16.5. The average Bonchev–Trinajstić information content (AvgIpc) is 3.19. The molecule has 0 bridgehead atoms. The fraction of sp³-hybridized carbons (Fsp3) is 0.450. The van der Waals surface area contributed by atoms with E-state index >= 15 is 0 Å². The number of nitrogens with zero attached hydrogens (tertiary/aromatic N) is 2. The number of rotatable bonds is 5. The lowest BCUT2D eigenvalue weighted by Gasteiger charge is -2.36. The maximum absolute atomic E-state index is 13.2. The van der Waals surface area contributed by atoms with Gasteiger partial charge in [-0.3, -0.25) is 0 Å². The number of para-hydroxylation sites is 1. The van der Waals surface area contributed by atoms with Gasteiger partial charge in [0.1, 0.15) is 17.8 Å². The van der Waals surface area contributed by atoms with Crippen LogP contribution in [0.25, 0.3) is 0 Å². The topological polar surface area (TPSA) is 96.6 Å². The Morgan fingerprint density at radius 2 is 2.04 bits per heavy atom. The van der Waals surface area contributed by atoms with E-state index in [4.69, 9.17) is 9.47 Å². The largest absolute Gasteiger partial charge is 0.496 e. The molecule has 0 saturated heterocycles. The number of nitrogens with one attached hydrogen (secondary N) is 2. The van der Waals surface area contributed by atoms with Crippen molar-refractivity contribution in [2.45, 2.75) is 32.4 Å². The fourth-order valence-corrected chi connectivity index (χ4v) is 3.54. The zero-order chi connectivity index (χ0) is 20.3. The smallest absolute Gasteiger partial charge is 0.328 e. The van der Waals surface area contributed by atoms with E-state index in [-0.39, 0.29) is 11.9 Å². The summed E-state index contributed by atoms with van der Waals surface area (Å²) >= 11 is 0. The summed E-state index contributed by atoms with van der Waals surface area (Å²) in [6.07, 6.45) is 2.29. The number of ether oxygens (including phenoxy) is 2. The number of hydrogen-bond acceptors (Lipinski definition) is 5. The molecular formula is C20H26N4O4. The second-order valence-electron chi connectivity index (χ2n) is 7.05. The monoisotopic (exact) mass is 386 g/mol. The van der Waals surface area contributed by atoms with Crippen LogP contribution in [0.1, 0.15) is 36.8 Å². The first-order valence-electron chi connectivity index (χ1n) is 9.28. The maximum Gasteiger partial charge on any atom is 0.328 e. The summed E-state index contributed by atoms with van der Waals surface area (Å²) in [4.78, 5) is 34.6. The molecule has 1 aliphatic rings. The van der Waals surface area contributed by atoms with Crippen LogP contribution in [0.15, 0.2) is 30.6 Å². The van der Waals surface area contributed by atoms with Crippen LogP contribution < -0.4 is 10.1 Å². The minimum absolute atomic E-state index is 0.105.